The van der Waals surface area contributed by atoms with Gasteiger partial charge in [-0.05, 0) is 42.3 Å². The summed E-state index contributed by atoms with van der Waals surface area (Å²) >= 11 is 24.7. The summed E-state index contributed by atoms with van der Waals surface area (Å²) in [5.74, 6) is -1.01. The molecule has 3 aromatic carbocycles. The summed E-state index contributed by atoms with van der Waals surface area (Å²) in [5.41, 5.74) is 1.48. The van der Waals surface area contributed by atoms with E-state index in [0.29, 0.717) is 17.1 Å². The Labute approximate surface area is 248 Å². The van der Waals surface area contributed by atoms with Gasteiger partial charge >= 0.3 is 0 Å². The van der Waals surface area contributed by atoms with Crippen molar-refractivity contribution in [3.05, 3.63) is 97.9 Å². The van der Waals surface area contributed by atoms with Crippen molar-refractivity contribution in [2.45, 2.75) is 25.9 Å². The molecule has 0 saturated carbocycles. The van der Waals surface area contributed by atoms with Gasteiger partial charge in [-0.1, -0.05) is 88.9 Å². The lowest BCUT2D eigenvalue weighted by Gasteiger charge is -2.33. The molecule has 0 heterocycles. The number of hydrogen-bond donors (Lipinski definition) is 1. The first-order valence-corrected chi connectivity index (χ1v) is 15.2. The zero-order valence-electron chi connectivity index (χ0n) is 21.2. The Hall–Kier alpha value is -2.49. The van der Waals surface area contributed by atoms with E-state index in [1.165, 1.54) is 17.0 Å². The van der Waals surface area contributed by atoms with Gasteiger partial charge in [-0.25, -0.2) is 8.42 Å². The molecule has 0 saturated heterocycles. The zero-order valence-corrected chi connectivity index (χ0v) is 25.0. The van der Waals surface area contributed by atoms with E-state index in [-0.39, 0.29) is 39.6 Å². The molecular weight excluding hydrogens is 604 g/mol. The van der Waals surface area contributed by atoms with E-state index >= 15 is 0 Å². The molecule has 1 N–H and O–H groups in total. The number of carbonyl (C=O) groups excluding carboxylic acids is 2. The lowest BCUT2D eigenvalue weighted by molar-refractivity contribution is -0.140. The minimum Gasteiger partial charge on any atom is -0.355 e. The SMILES string of the molecule is CCNC(=O)[C@H](Cc1ccccc1)N(Cc1cccc(Cl)c1)C(=O)CN(c1cc(Cl)c(Cl)cc1Cl)S(C)(=O)=O. The molecule has 0 unspecified atom stereocenters. The average molecular weight is 631 g/mol. The quantitative estimate of drug-likeness (QED) is 0.270. The van der Waals surface area contributed by atoms with E-state index in [1.807, 2.05) is 30.3 Å². The summed E-state index contributed by atoms with van der Waals surface area (Å²) in [7, 11) is -4.02. The third kappa shape index (κ3) is 8.50. The number of carbonyl (C=O) groups is 2. The average Bonchev–Trinajstić information content (AvgIpc) is 2.87. The number of anilines is 1. The van der Waals surface area contributed by atoms with Crippen LogP contribution in [0.25, 0.3) is 0 Å². The number of halogens is 4. The highest BCUT2D eigenvalue weighted by atomic mass is 35.5. The molecule has 2 amide bonds. The molecule has 0 bridgehead atoms. The largest absolute Gasteiger partial charge is 0.355 e. The van der Waals surface area contributed by atoms with Crippen LogP contribution < -0.4 is 9.62 Å². The monoisotopic (exact) mass is 629 g/mol. The minimum absolute atomic E-state index is 0.000730. The first-order valence-electron chi connectivity index (χ1n) is 11.9. The smallest absolute Gasteiger partial charge is 0.244 e. The number of nitrogens with zero attached hydrogens (tertiary/aromatic N) is 2. The highest BCUT2D eigenvalue weighted by molar-refractivity contribution is 7.92. The van der Waals surface area contributed by atoms with E-state index < -0.39 is 28.5 Å². The predicted octanol–water partition coefficient (Wildman–Crippen LogP) is 5.84. The molecule has 39 heavy (non-hydrogen) atoms. The van der Waals surface area contributed by atoms with Crippen molar-refractivity contribution in [3.63, 3.8) is 0 Å². The second kappa shape index (κ2) is 13.7. The van der Waals surface area contributed by atoms with Gasteiger partial charge in [0.15, 0.2) is 0 Å². The first-order chi connectivity index (χ1) is 18.4. The van der Waals surface area contributed by atoms with Gasteiger partial charge in [-0.2, -0.15) is 0 Å². The van der Waals surface area contributed by atoms with Gasteiger partial charge in [-0.3, -0.25) is 13.9 Å². The molecule has 0 spiro atoms. The lowest BCUT2D eigenvalue weighted by Crippen LogP contribution is -2.53. The molecule has 3 aromatic rings. The number of likely N-dealkylation sites (N-methyl/N-ethyl adjacent to an activating group) is 1. The Kier molecular flexibility index (Phi) is 10.9. The van der Waals surface area contributed by atoms with E-state index in [9.17, 15) is 18.0 Å². The molecule has 7 nitrogen and oxygen atoms in total. The highest BCUT2D eigenvalue weighted by Crippen LogP contribution is 2.35. The van der Waals surface area contributed by atoms with E-state index in [4.69, 9.17) is 46.4 Å². The number of nitrogens with one attached hydrogen (secondary N) is 1. The Morgan fingerprint density at radius 3 is 2.13 bits per heavy atom. The summed E-state index contributed by atoms with van der Waals surface area (Å²) < 4.78 is 26.6. The van der Waals surface area contributed by atoms with Crippen LogP contribution in [0.1, 0.15) is 18.1 Å². The van der Waals surface area contributed by atoms with Crippen molar-refractivity contribution < 1.29 is 18.0 Å². The summed E-state index contributed by atoms with van der Waals surface area (Å²) in [4.78, 5) is 28.6. The number of hydrogen-bond acceptors (Lipinski definition) is 4. The van der Waals surface area contributed by atoms with Crippen LogP contribution in [0.2, 0.25) is 20.1 Å². The van der Waals surface area contributed by atoms with Crippen LogP contribution in [-0.2, 0) is 32.6 Å². The Morgan fingerprint density at radius 2 is 1.51 bits per heavy atom. The van der Waals surface area contributed by atoms with Crippen LogP contribution in [0, 0.1) is 0 Å². The Bertz CT molecular complexity index is 1440. The van der Waals surface area contributed by atoms with Crippen LogP contribution in [0.3, 0.4) is 0 Å². The van der Waals surface area contributed by atoms with Gasteiger partial charge in [0.2, 0.25) is 21.8 Å². The summed E-state index contributed by atoms with van der Waals surface area (Å²) in [6.45, 7) is 1.48. The molecule has 0 aliphatic heterocycles. The van der Waals surface area contributed by atoms with Crippen LogP contribution in [0.5, 0.6) is 0 Å². The maximum atomic E-state index is 14.0. The van der Waals surface area contributed by atoms with Crippen molar-refractivity contribution in [1.82, 2.24) is 10.2 Å². The predicted molar refractivity (Wildman–Crippen MR) is 158 cm³/mol. The van der Waals surface area contributed by atoms with Gasteiger partial charge in [0.05, 0.1) is 27.0 Å². The second-order valence-electron chi connectivity index (χ2n) is 8.74. The topological polar surface area (TPSA) is 86.8 Å². The van der Waals surface area contributed by atoms with E-state index in [1.54, 1.807) is 31.2 Å². The molecule has 0 aliphatic rings. The lowest BCUT2D eigenvalue weighted by atomic mass is 10.0. The van der Waals surface area contributed by atoms with Crippen molar-refractivity contribution >= 4 is 73.9 Å². The molecule has 12 heteroatoms. The summed E-state index contributed by atoms with van der Waals surface area (Å²) in [6, 6.07) is 17.8. The van der Waals surface area contributed by atoms with Gasteiger partial charge in [-0.15, -0.1) is 0 Å². The maximum absolute atomic E-state index is 14.0. The molecule has 0 aromatic heterocycles. The minimum atomic E-state index is -4.02. The van der Waals surface area contributed by atoms with Crippen LogP contribution in [-0.4, -0.2) is 50.5 Å². The molecular formula is C27H27Cl4N3O4S. The molecule has 0 aliphatic carbocycles. The number of benzene rings is 3. The highest BCUT2D eigenvalue weighted by Gasteiger charge is 2.33. The molecule has 0 fully saturated rings. The first kappa shape index (κ1) is 31.0. The Morgan fingerprint density at radius 1 is 0.872 bits per heavy atom. The normalized spacial score (nSPS) is 12.1. The summed E-state index contributed by atoms with van der Waals surface area (Å²) in [6.07, 6.45) is 1.15. The van der Waals surface area contributed by atoms with Crippen molar-refractivity contribution in [3.8, 4) is 0 Å². The van der Waals surface area contributed by atoms with Crippen molar-refractivity contribution in [1.29, 1.82) is 0 Å². The third-order valence-corrected chi connectivity index (χ3v) is 8.19. The van der Waals surface area contributed by atoms with E-state index in [2.05, 4.69) is 5.32 Å². The number of amides is 2. The maximum Gasteiger partial charge on any atom is 0.244 e. The fourth-order valence-electron chi connectivity index (χ4n) is 3.98. The van der Waals surface area contributed by atoms with Gasteiger partial charge in [0.1, 0.15) is 12.6 Å². The fraction of sp³-hybridized carbons (Fsp3) is 0.259. The molecule has 0 radical (unpaired) electrons. The third-order valence-electron chi connectivity index (χ3n) is 5.80. The van der Waals surface area contributed by atoms with Gasteiger partial charge in [0, 0.05) is 24.5 Å². The number of sulfonamides is 1. The second-order valence-corrected chi connectivity index (χ2v) is 12.3. The molecule has 3 rings (SSSR count). The van der Waals surface area contributed by atoms with Crippen LogP contribution in [0.4, 0.5) is 5.69 Å². The van der Waals surface area contributed by atoms with Crippen LogP contribution >= 0.6 is 46.4 Å². The number of rotatable bonds is 11. The van der Waals surface area contributed by atoms with Crippen molar-refractivity contribution in [2.24, 2.45) is 0 Å². The van der Waals surface area contributed by atoms with Gasteiger partial charge in [0.25, 0.3) is 0 Å². The Balaban J connectivity index is 2.08. The van der Waals surface area contributed by atoms with Gasteiger partial charge < -0.3 is 10.2 Å². The van der Waals surface area contributed by atoms with Crippen molar-refractivity contribution in [2.75, 3.05) is 23.7 Å². The zero-order chi connectivity index (χ0) is 28.7. The fourth-order valence-corrected chi connectivity index (χ4v) is 5.74. The van der Waals surface area contributed by atoms with E-state index in [0.717, 1.165) is 16.1 Å². The van der Waals surface area contributed by atoms with Crippen LogP contribution in [0.15, 0.2) is 66.7 Å². The summed E-state index contributed by atoms with van der Waals surface area (Å²) in [5, 5.41) is 3.44. The molecule has 208 valence electrons. The molecule has 1 atom stereocenters. The standard InChI is InChI=1S/C27H27Cl4N3O4S/c1-3-32-27(36)25(13-18-8-5-4-6-9-18)33(16-19-10-7-11-20(28)12-19)26(35)17-34(39(2,37)38)24-15-22(30)21(29)14-23(24)31/h4-12,14-15,25H,3,13,16-17H2,1-2H3,(H,32,36)/t25-/m0/s1.